The summed E-state index contributed by atoms with van der Waals surface area (Å²) in [5.74, 6) is 0.191. The Labute approximate surface area is 117 Å². The van der Waals surface area contributed by atoms with E-state index in [1.807, 2.05) is 12.1 Å². The van der Waals surface area contributed by atoms with Gasteiger partial charge in [0.15, 0.2) is 5.58 Å². The third kappa shape index (κ3) is 2.84. The zero-order valence-corrected chi connectivity index (χ0v) is 11.8. The van der Waals surface area contributed by atoms with Crippen molar-refractivity contribution in [1.82, 2.24) is 9.88 Å². The van der Waals surface area contributed by atoms with E-state index in [4.69, 9.17) is 10.3 Å². The van der Waals surface area contributed by atoms with Gasteiger partial charge in [-0.05, 0) is 30.9 Å². The number of nitrogens with two attached hydrogens (primary N) is 1. The number of nitrogens with zero attached hydrogens (tertiary/aromatic N) is 1. The van der Waals surface area contributed by atoms with E-state index in [1.54, 1.807) is 12.1 Å². The highest BCUT2D eigenvalue weighted by molar-refractivity contribution is 7.88. The molecule has 108 valence electrons. The van der Waals surface area contributed by atoms with E-state index in [2.05, 4.69) is 9.88 Å². The quantitative estimate of drug-likeness (QED) is 0.828. The molecule has 0 radical (unpaired) electrons. The van der Waals surface area contributed by atoms with Crippen LogP contribution < -0.4 is 10.5 Å². The lowest BCUT2D eigenvalue weighted by Crippen LogP contribution is -2.42. The molecule has 20 heavy (non-hydrogen) atoms. The average molecular weight is 295 g/mol. The molecule has 0 saturated heterocycles. The van der Waals surface area contributed by atoms with Gasteiger partial charge in [-0.2, -0.15) is 0 Å². The van der Waals surface area contributed by atoms with Gasteiger partial charge in [0.25, 0.3) is 0 Å². The molecule has 1 atom stereocenters. The maximum Gasteiger partial charge on any atom is 0.217 e. The Morgan fingerprint density at radius 2 is 2.15 bits per heavy atom. The van der Waals surface area contributed by atoms with Crippen LogP contribution in [0.25, 0.3) is 11.0 Å². The Hall–Kier alpha value is -1.44. The second kappa shape index (κ2) is 5.16. The summed E-state index contributed by atoms with van der Waals surface area (Å²) in [6.07, 6.45) is 2.08. The summed E-state index contributed by atoms with van der Waals surface area (Å²) in [5, 5.41) is 4.58. The van der Waals surface area contributed by atoms with E-state index >= 15 is 0 Å². The Kier molecular flexibility index (Phi) is 3.49. The van der Waals surface area contributed by atoms with Crippen molar-refractivity contribution in [2.24, 2.45) is 11.7 Å². The van der Waals surface area contributed by atoms with Crippen molar-refractivity contribution in [2.45, 2.75) is 24.6 Å². The lowest BCUT2D eigenvalue weighted by atomic mass is 10.2. The van der Waals surface area contributed by atoms with Crippen molar-refractivity contribution in [3.05, 3.63) is 30.0 Å². The number of sulfonamides is 1. The van der Waals surface area contributed by atoms with Crippen LogP contribution in [0.4, 0.5) is 0 Å². The minimum atomic E-state index is -3.46. The van der Waals surface area contributed by atoms with E-state index in [1.165, 1.54) is 0 Å². The van der Waals surface area contributed by atoms with Gasteiger partial charge < -0.3 is 10.3 Å². The first kappa shape index (κ1) is 13.5. The predicted octanol–water partition coefficient (Wildman–Crippen LogP) is 0.984. The molecule has 2 aromatic rings. The first-order valence-electron chi connectivity index (χ1n) is 6.62. The van der Waals surface area contributed by atoms with Crippen LogP contribution in [0.15, 0.2) is 28.8 Å². The molecule has 0 aliphatic heterocycles. The van der Waals surface area contributed by atoms with E-state index < -0.39 is 10.0 Å². The Morgan fingerprint density at radius 1 is 1.40 bits per heavy atom. The number of hydrogen-bond acceptors (Lipinski definition) is 5. The molecule has 3 rings (SSSR count). The van der Waals surface area contributed by atoms with Crippen LogP contribution in [-0.2, 0) is 15.8 Å². The van der Waals surface area contributed by atoms with Gasteiger partial charge in [0, 0.05) is 18.0 Å². The molecule has 3 N–H and O–H groups in total. The fraction of sp³-hybridized carbons (Fsp3) is 0.462. The van der Waals surface area contributed by atoms with Gasteiger partial charge in [0.05, 0.1) is 0 Å². The Bertz CT molecular complexity index is 706. The fourth-order valence-corrected chi connectivity index (χ4v) is 3.73. The molecule has 0 bridgehead atoms. The molecular formula is C13H17N3O3S. The smallest absolute Gasteiger partial charge is 0.217 e. The molecule has 1 fully saturated rings. The largest absolute Gasteiger partial charge is 0.356 e. The minimum Gasteiger partial charge on any atom is -0.356 e. The van der Waals surface area contributed by atoms with Gasteiger partial charge >= 0.3 is 0 Å². The highest BCUT2D eigenvalue weighted by atomic mass is 32.2. The van der Waals surface area contributed by atoms with Crippen molar-refractivity contribution >= 4 is 21.0 Å². The van der Waals surface area contributed by atoms with Crippen molar-refractivity contribution in [1.29, 1.82) is 0 Å². The van der Waals surface area contributed by atoms with Gasteiger partial charge in [-0.3, -0.25) is 0 Å². The molecule has 7 heteroatoms. The molecule has 1 aromatic carbocycles. The van der Waals surface area contributed by atoms with Crippen molar-refractivity contribution in [3.63, 3.8) is 0 Å². The number of aromatic nitrogens is 1. The summed E-state index contributed by atoms with van der Waals surface area (Å²) in [7, 11) is -3.46. The zero-order valence-electron chi connectivity index (χ0n) is 11.0. The highest BCUT2D eigenvalue weighted by Gasteiger charge is 2.33. The molecule has 6 nitrogen and oxygen atoms in total. The van der Waals surface area contributed by atoms with Crippen molar-refractivity contribution in [3.8, 4) is 0 Å². The lowest BCUT2D eigenvalue weighted by Gasteiger charge is -2.15. The standard InChI is InChI=1S/C13H17N3O3S/c14-7-11(9-5-6-9)16-20(17,18)8-12-10-3-1-2-4-13(10)19-15-12/h1-4,9,11,16H,5-8,14H2. The number of benzene rings is 1. The van der Waals surface area contributed by atoms with Crippen LogP contribution in [0, 0.1) is 5.92 Å². The molecule has 0 spiro atoms. The normalized spacial score (nSPS) is 17.4. The number of hydrogen-bond donors (Lipinski definition) is 2. The number of nitrogens with one attached hydrogen (secondary N) is 1. The van der Waals surface area contributed by atoms with Gasteiger partial charge in [-0.25, -0.2) is 13.1 Å². The van der Waals surface area contributed by atoms with Crippen LogP contribution in [0.3, 0.4) is 0 Å². The first-order chi connectivity index (χ1) is 9.59. The fourth-order valence-electron chi connectivity index (χ4n) is 2.33. The van der Waals surface area contributed by atoms with Gasteiger partial charge in [0.1, 0.15) is 11.4 Å². The van der Waals surface area contributed by atoms with Crippen LogP contribution in [0.2, 0.25) is 0 Å². The van der Waals surface area contributed by atoms with E-state index in [0.717, 1.165) is 18.2 Å². The summed E-state index contributed by atoms with van der Waals surface area (Å²) in [6.45, 7) is 0.323. The summed E-state index contributed by atoms with van der Waals surface area (Å²) in [4.78, 5) is 0. The molecule has 1 aliphatic carbocycles. The number of rotatable bonds is 6. The van der Waals surface area contributed by atoms with Gasteiger partial charge in [-0.15, -0.1) is 0 Å². The first-order valence-corrected chi connectivity index (χ1v) is 8.27. The topological polar surface area (TPSA) is 98.2 Å². The number of para-hydroxylation sites is 1. The van der Waals surface area contributed by atoms with Crippen LogP contribution in [-0.4, -0.2) is 26.2 Å². The second-order valence-electron chi connectivity index (χ2n) is 5.18. The highest BCUT2D eigenvalue weighted by Crippen LogP contribution is 2.32. The summed E-state index contributed by atoms with van der Waals surface area (Å²) >= 11 is 0. The summed E-state index contributed by atoms with van der Waals surface area (Å²) in [5.41, 5.74) is 6.65. The van der Waals surface area contributed by atoms with E-state index in [0.29, 0.717) is 23.7 Å². The number of fused-ring (bicyclic) bond motifs is 1. The van der Waals surface area contributed by atoms with Crippen LogP contribution in [0.1, 0.15) is 18.5 Å². The van der Waals surface area contributed by atoms with E-state index in [9.17, 15) is 8.42 Å². The molecule has 1 unspecified atom stereocenters. The molecular weight excluding hydrogens is 278 g/mol. The second-order valence-corrected chi connectivity index (χ2v) is 6.94. The predicted molar refractivity (Wildman–Crippen MR) is 75.3 cm³/mol. The SMILES string of the molecule is NCC(NS(=O)(=O)Cc1noc2ccccc12)C1CC1. The van der Waals surface area contributed by atoms with Crippen molar-refractivity contribution in [2.75, 3.05) is 6.54 Å². The molecule has 1 aliphatic rings. The monoisotopic (exact) mass is 295 g/mol. The molecule has 1 saturated carbocycles. The molecule has 0 amide bonds. The van der Waals surface area contributed by atoms with Crippen LogP contribution >= 0.6 is 0 Å². The Balaban J connectivity index is 1.78. The zero-order chi connectivity index (χ0) is 14.2. The third-order valence-corrected chi connectivity index (χ3v) is 4.87. The summed E-state index contributed by atoms with van der Waals surface area (Å²) in [6, 6.07) is 7.05. The maximum absolute atomic E-state index is 12.2. The minimum absolute atomic E-state index is 0.168. The third-order valence-electron chi connectivity index (χ3n) is 3.55. The maximum atomic E-state index is 12.2. The van der Waals surface area contributed by atoms with Crippen molar-refractivity contribution < 1.29 is 12.9 Å². The average Bonchev–Trinajstić information content (AvgIpc) is 3.20. The summed E-state index contributed by atoms with van der Waals surface area (Å²) < 4.78 is 32.2. The molecule has 1 aromatic heterocycles. The van der Waals surface area contributed by atoms with E-state index in [-0.39, 0.29) is 11.8 Å². The lowest BCUT2D eigenvalue weighted by molar-refractivity contribution is 0.447. The van der Waals surface area contributed by atoms with Gasteiger partial charge in [-0.1, -0.05) is 17.3 Å². The molecule has 1 heterocycles. The van der Waals surface area contributed by atoms with Gasteiger partial charge in [0.2, 0.25) is 10.0 Å². The van der Waals surface area contributed by atoms with Crippen LogP contribution in [0.5, 0.6) is 0 Å². The Morgan fingerprint density at radius 3 is 2.85 bits per heavy atom.